The summed E-state index contributed by atoms with van der Waals surface area (Å²) in [4.78, 5) is 10.6. The minimum Gasteiger partial charge on any atom is -0.258 e. The van der Waals surface area contributed by atoms with E-state index in [0.29, 0.717) is 10.6 Å². The molecule has 1 aromatic rings. The van der Waals surface area contributed by atoms with E-state index in [1.165, 1.54) is 12.1 Å². The smallest absolute Gasteiger partial charge is 0.258 e. The second-order valence-electron chi connectivity index (χ2n) is 3.15. The largest absolute Gasteiger partial charge is 0.269 e. The van der Waals surface area contributed by atoms with E-state index in [0.717, 1.165) is 12.8 Å². The van der Waals surface area contributed by atoms with Gasteiger partial charge in [0, 0.05) is 22.8 Å². The Labute approximate surface area is 90.9 Å². The molecule has 0 N–H and O–H groups in total. The third kappa shape index (κ3) is 3.43. The molecule has 0 unspecified atom stereocenters. The topological polar surface area (TPSA) is 60.2 Å². The van der Waals surface area contributed by atoms with Gasteiger partial charge in [-0.05, 0) is 18.6 Å². The van der Waals surface area contributed by atoms with E-state index >= 15 is 0 Å². The molecule has 0 aliphatic heterocycles. The van der Waals surface area contributed by atoms with Crippen molar-refractivity contribution in [1.82, 2.24) is 0 Å². The van der Waals surface area contributed by atoms with Gasteiger partial charge in [-0.2, -0.15) is 0 Å². The number of nitrogens with zero attached hydrogens (tertiary/aromatic N) is 1. The molecule has 0 aliphatic rings. The molecule has 0 heterocycles. The highest BCUT2D eigenvalue weighted by Crippen LogP contribution is 2.15. The summed E-state index contributed by atoms with van der Waals surface area (Å²) in [6, 6.07) is 5.90. The maximum absolute atomic E-state index is 11.6. The molecule has 0 aromatic heterocycles. The zero-order valence-electron chi connectivity index (χ0n) is 8.51. The average Bonchev–Trinajstić information content (AvgIpc) is 2.26. The molecule has 1 rings (SSSR count). The van der Waals surface area contributed by atoms with E-state index in [1.807, 2.05) is 6.92 Å². The van der Waals surface area contributed by atoms with Gasteiger partial charge in [-0.1, -0.05) is 13.3 Å². The molecule has 0 amide bonds. The molecule has 5 heteroatoms. The molecule has 1 atom stereocenters. The number of hydrogen-bond acceptors (Lipinski definition) is 3. The Morgan fingerprint density at radius 2 is 1.93 bits per heavy atom. The quantitative estimate of drug-likeness (QED) is 0.573. The van der Waals surface area contributed by atoms with E-state index in [9.17, 15) is 14.3 Å². The van der Waals surface area contributed by atoms with Crippen LogP contribution < -0.4 is 0 Å². The SMILES string of the molecule is CCCC[S@](=O)c1ccc([N+](=O)[O-])cc1. The van der Waals surface area contributed by atoms with Crippen LogP contribution in [0.5, 0.6) is 0 Å². The summed E-state index contributed by atoms with van der Waals surface area (Å²) < 4.78 is 11.6. The van der Waals surface area contributed by atoms with Crippen LogP contribution in [-0.2, 0) is 10.8 Å². The Balaban J connectivity index is 2.71. The second kappa shape index (κ2) is 5.60. The van der Waals surface area contributed by atoms with Gasteiger partial charge >= 0.3 is 0 Å². The third-order valence-corrected chi connectivity index (χ3v) is 3.45. The summed E-state index contributed by atoms with van der Waals surface area (Å²) in [7, 11) is -1.03. The molecule has 0 saturated carbocycles. The molecular formula is C10H13NO3S. The van der Waals surface area contributed by atoms with Gasteiger partial charge in [-0.3, -0.25) is 14.3 Å². The van der Waals surface area contributed by atoms with E-state index in [2.05, 4.69) is 0 Å². The molecule has 0 aliphatic carbocycles. The van der Waals surface area contributed by atoms with Crippen molar-refractivity contribution in [1.29, 1.82) is 0 Å². The van der Waals surface area contributed by atoms with Gasteiger partial charge in [0.2, 0.25) is 0 Å². The number of benzene rings is 1. The van der Waals surface area contributed by atoms with Gasteiger partial charge in [0.1, 0.15) is 0 Å². The van der Waals surface area contributed by atoms with Crippen LogP contribution in [0, 0.1) is 10.1 Å². The monoisotopic (exact) mass is 227 g/mol. The first-order chi connectivity index (χ1) is 7.15. The van der Waals surface area contributed by atoms with Crippen molar-refractivity contribution in [3.05, 3.63) is 34.4 Å². The molecule has 82 valence electrons. The summed E-state index contributed by atoms with van der Waals surface area (Å²) in [5.41, 5.74) is 0.0336. The first kappa shape index (κ1) is 11.8. The van der Waals surface area contributed by atoms with E-state index in [4.69, 9.17) is 0 Å². The van der Waals surface area contributed by atoms with Gasteiger partial charge in [-0.25, -0.2) is 0 Å². The minimum atomic E-state index is -1.03. The van der Waals surface area contributed by atoms with Crippen LogP contribution in [0.4, 0.5) is 5.69 Å². The number of hydrogen-bond donors (Lipinski definition) is 0. The lowest BCUT2D eigenvalue weighted by atomic mass is 10.3. The predicted octanol–water partition coefficient (Wildman–Crippen LogP) is 2.50. The Bertz CT molecular complexity index is 361. The van der Waals surface area contributed by atoms with E-state index in [1.54, 1.807) is 12.1 Å². The van der Waals surface area contributed by atoms with Crippen LogP contribution in [0.1, 0.15) is 19.8 Å². The normalized spacial score (nSPS) is 12.3. The van der Waals surface area contributed by atoms with Crippen LogP contribution in [0.3, 0.4) is 0 Å². The number of unbranched alkanes of at least 4 members (excludes halogenated alkanes) is 1. The molecule has 0 spiro atoms. The molecule has 0 saturated heterocycles. The lowest BCUT2D eigenvalue weighted by Gasteiger charge is -2.00. The van der Waals surface area contributed by atoms with Gasteiger partial charge in [0.15, 0.2) is 0 Å². The van der Waals surface area contributed by atoms with Crippen molar-refractivity contribution in [3.63, 3.8) is 0 Å². The van der Waals surface area contributed by atoms with E-state index < -0.39 is 15.7 Å². The van der Waals surface area contributed by atoms with Crippen LogP contribution in [0.2, 0.25) is 0 Å². The number of nitro groups is 1. The molecule has 15 heavy (non-hydrogen) atoms. The zero-order valence-corrected chi connectivity index (χ0v) is 9.33. The Kier molecular flexibility index (Phi) is 4.42. The summed E-state index contributed by atoms with van der Waals surface area (Å²) in [6.07, 6.45) is 1.91. The summed E-state index contributed by atoms with van der Waals surface area (Å²) in [5, 5.41) is 10.4. The van der Waals surface area contributed by atoms with Crippen molar-refractivity contribution in [2.75, 3.05) is 5.75 Å². The first-order valence-electron chi connectivity index (χ1n) is 4.78. The minimum absolute atomic E-state index is 0.0336. The highest BCUT2D eigenvalue weighted by Gasteiger charge is 2.07. The Morgan fingerprint density at radius 1 is 1.33 bits per heavy atom. The van der Waals surface area contributed by atoms with Crippen molar-refractivity contribution >= 4 is 16.5 Å². The summed E-state index contributed by atoms with van der Waals surface area (Å²) in [5.74, 6) is 0.619. The highest BCUT2D eigenvalue weighted by molar-refractivity contribution is 7.85. The van der Waals surface area contributed by atoms with Crippen LogP contribution in [-0.4, -0.2) is 14.9 Å². The lowest BCUT2D eigenvalue weighted by molar-refractivity contribution is -0.384. The average molecular weight is 227 g/mol. The molecule has 0 fully saturated rings. The molecule has 4 nitrogen and oxygen atoms in total. The highest BCUT2D eigenvalue weighted by atomic mass is 32.2. The lowest BCUT2D eigenvalue weighted by Crippen LogP contribution is -1.97. The number of non-ortho nitro benzene ring substituents is 1. The summed E-state index contributed by atoms with van der Waals surface area (Å²) in [6.45, 7) is 2.03. The standard InChI is InChI=1S/C10H13NO3S/c1-2-3-8-15(14)10-6-4-9(5-7-10)11(12)13/h4-7H,2-3,8H2,1H3/t15-/m0/s1. The fourth-order valence-corrected chi connectivity index (χ4v) is 2.34. The first-order valence-corrected chi connectivity index (χ1v) is 6.10. The predicted molar refractivity (Wildman–Crippen MR) is 59.3 cm³/mol. The van der Waals surface area contributed by atoms with Gasteiger partial charge in [0.25, 0.3) is 5.69 Å². The summed E-state index contributed by atoms with van der Waals surface area (Å²) >= 11 is 0. The van der Waals surface area contributed by atoms with Crippen LogP contribution in [0.25, 0.3) is 0 Å². The Morgan fingerprint density at radius 3 is 2.40 bits per heavy atom. The van der Waals surface area contributed by atoms with Gasteiger partial charge in [-0.15, -0.1) is 0 Å². The van der Waals surface area contributed by atoms with Crippen LogP contribution >= 0.6 is 0 Å². The van der Waals surface area contributed by atoms with Crippen molar-refractivity contribution in [3.8, 4) is 0 Å². The fourth-order valence-electron chi connectivity index (χ4n) is 1.11. The fraction of sp³-hybridized carbons (Fsp3) is 0.400. The number of nitro benzene ring substituents is 1. The molecule has 1 aromatic carbocycles. The maximum atomic E-state index is 11.6. The van der Waals surface area contributed by atoms with Crippen molar-refractivity contribution in [2.24, 2.45) is 0 Å². The van der Waals surface area contributed by atoms with Crippen LogP contribution in [0.15, 0.2) is 29.2 Å². The maximum Gasteiger partial charge on any atom is 0.269 e. The van der Waals surface area contributed by atoms with Gasteiger partial charge in [0.05, 0.1) is 15.7 Å². The van der Waals surface area contributed by atoms with Gasteiger partial charge < -0.3 is 0 Å². The van der Waals surface area contributed by atoms with Crippen molar-refractivity contribution < 1.29 is 9.13 Å². The number of rotatable bonds is 5. The van der Waals surface area contributed by atoms with Crippen molar-refractivity contribution in [2.45, 2.75) is 24.7 Å². The molecule has 0 radical (unpaired) electrons. The Hall–Kier alpha value is -1.23. The zero-order chi connectivity index (χ0) is 11.3. The third-order valence-electron chi connectivity index (χ3n) is 1.99. The second-order valence-corrected chi connectivity index (χ2v) is 4.72. The molecular weight excluding hydrogens is 214 g/mol. The molecule has 0 bridgehead atoms. The van der Waals surface area contributed by atoms with E-state index in [-0.39, 0.29) is 5.69 Å².